The van der Waals surface area contributed by atoms with Crippen molar-refractivity contribution in [1.82, 2.24) is 0 Å². The van der Waals surface area contributed by atoms with Gasteiger partial charge in [-0.2, -0.15) is 0 Å². The average Bonchev–Trinajstić information content (AvgIpc) is 2.03. The van der Waals surface area contributed by atoms with Crippen LogP contribution in [0.5, 0.6) is 0 Å². The summed E-state index contributed by atoms with van der Waals surface area (Å²) in [6.07, 6.45) is 0. The van der Waals surface area contributed by atoms with Gasteiger partial charge < -0.3 is 4.74 Å². The van der Waals surface area contributed by atoms with Crippen LogP contribution in [-0.2, 0) is 11.3 Å². The maximum Gasteiger partial charge on any atom is 0.103 e. The fourth-order valence-electron chi connectivity index (χ4n) is 0.734. The Balaban J connectivity index is 2.43. The molecular weight excluding hydrogens is 144 g/mol. The van der Waals surface area contributed by atoms with Gasteiger partial charge >= 0.3 is 0 Å². The lowest BCUT2D eigenvalue weighted by molar-refractivity contribution is 0.170. The summed E-state index contributed by atoms with van der Waals surface area (Å²) in [6.45, 7) is 0.629. The fraction of sp³-hybridized carbons (Fsp3) is 0.250. The van der Waals surface area contributed by atoms with Gasteiger partial charge in [-0.3, -0.25) is 0 Å². The Morgan fingerprint density at radius 2 is 1.90 bits per heavy atom. The number of hydrogen-bond donors (Lipinski definition) is 0. The van der Waals surface area contributed by atoms with Gasteiger partial charge in [-0.25, -0.2) is 0 Å². The third-order valence-corrected chi connectivity index (χ3v) is 1.36. The summed E-state index contributed by atoms with van der Waals surface area (Å²) in [4.78, 5) is 0. The summed E-state index contributed by atoms with van der Waals surface area (Å²) in [5.74, 6) is 0.370. The molecule has 0 saturated heterocycles. The normalized spacial score (nSPS) is 9.70. The number of hydrogen-bond acceptors (Lipinski definition) is 1. The molecule has 2 heteroatoms. The summed E-state index contributed by atoms with van der Waals surface area (Å²) in [6, 6.07) is 10.00. The molecule has 1 rings (SSSR count). The van der Waals surface area contributed by atoms with Crippen LogP contribution in [0.15, 0.2) is 30.3 Å². The third-order valence-electron chi connectivity index (χ3n) is 1.19. The molecule has 0 aliphatic carbocycles. The van der Waals surface area contributed by atoms with Crippen LogP contribution in [0.4, 0.5) is 0 Å². The highest BCUT2D eigenvalue weighted by Gasteiger charge is 1.87. The van der Waals surface area contributed by atoms with E-state index in [1.807, 2.05) is 30.3 Å². The monoisotopic (exact) mass is 153 g/mol. The van der Waals surface area contributed by atoms with Crippen LogP contribution in [0.2, 0.25) is 0 Å². The fourth-order valence-corrected chi connectivity index (χ4v) is 0.817. The first-order chi connectivity index (χ1) is 4.93. The van der Waals surface area contributed by atoms with Gasteiger partial charge in [0.25, 0.3) is 0 Å². The molecule has 1 nitrogen and oxygen atoms in total. The zero-order valence-electron chi connectivity index (χ0n) is 5.62. The molecule has 1 aromatic carbocycles. The molecule has 0 aromatic heterocycles. The smallest absolute Gasteiger partial charge is 0.103 e. The van der Waals surface area contributed by atoms with Crippen LogP contribution >= 0.6 is 12.6 Å². The van der Waals surface area contributed by atoms with E-state index < -0.39 is 0 Å². The van der Waals surface area contributed by atoms with Gasteiger partial charge in [-0.15, -0.1) is 0 Å². The topological polar surface area (TPSA) is 9.23 Å². The van der Waals surface area contributed by atoms with Crippen LogP contribution < -0.4 is 0 Å². The van der Waals surface area contributed by atoms with E-state index in [1.54, 1.807) is 0 Å². The van der Waals surface area contributed by atoms with Crippen molar-refractivity contribution in [3.8, 4) is 0 Å². The van der Waals surface area contributed by atoms with Crippen molar-refractivity contribution in [2.24, 2.45) is 0 Å². The molecule has 0 aliphatic heterocycles. The molecule has 0 amide bonds. The average molecular weight is 153 g/mol. The Hall–Kier alpha value is -0.470. The molecular formula is C8H9OS. The first-order valence-corrected chi connectivity index (χ1v) is 3.71. The van der Waals surface area contributed by atoms with Crippen molar-refractivity contribution >= 4 is 12.6 Å². The Bertz CT molecular complexity index is 174. The van der Waals surface area contributed by atoms with Crippen LogP contribution in [0.25, 0.3) is 0 Å². The second-order valence-corrected chi connectivity index (χ2v) is 2.19. The summed E-state index contributed by atoms with van der Waals surface area (Å²) < 4.78 is 5.03. The predicted molar refractivity (Wildman–Crippen MR) is 43.7 cm³/mol. The SMILES string of the molecule is [S]COCc1ccccc1. The van der Waals surface area contributed by atoms with Crippen LogP contribution in [-0.4, -0.2) is 5.94 Å². The first-order valence-electron chi connectivity index (χ1n) is 3.13. The quantitative estimate of drug-likeness (QED) is 0.647. The molecule has 0 N–H and O–H groups in total. The lowest BCUT2D eigenvalue weighted by Gasteiger charge is -1.98. The molecule has 0 atom stereocenters. The summed E-state index contributed by atoms with van der Waals surface area (Å²) in [7, 11) is 0. The molecule has 0 bridgehead atoms. The molecule has 0 fully saturated rings. The predicted octanol–water partition coefficient (Wildman–Crippen LogP) is 2.36. The van der Waals surface area contributed by atoms with Crippen molar-refractivity contribution < 1.29 is 4.74 Å². The number of rotatable bonds is 3. The Labute approximate surface area is 66.4 Å². The molecule has 0 unspecified atom stereocenters. The Morgan fingerprint density at radius 1 is 1.20 bits per heavy atom. The van der Waals surface area contributed by atoms with Gasteiger partial charge in [0.1, 0.15) is 5.94 Å². The minimum Gasteiger partial charge on any atom is -0.365 e. The molecule has 0 heterocycles. The molecule has 10 heavy (non-hydrogen) atoms. The summed E-state index contributed by atoms with van der Waals surface area (Å²) in [5.41, 5.74) is 1.17. The van der Waals surface area contributed by atoms with E-state index in [2.05, 4.69) is 12.6 Å². The number of ether oxygens (including phenoxy) is 1. The van der Waals surface area contributed by atoms with Crippen molar-refractivity contribution in [2.45, 2.75) is 6.61 Å². The Morgan fingerprint density at radius 3 is 2.50 bits per heavy atom. The highest BCUT2D eigenvalue weighted by Crippen LogP contribution is 1.99. The zero-order valence-corrected chi connectivity index (χ0v) is 6.43. The van der Waals surface area contributed by atoms with E-state index in [9.17, 15) is 0 Å². The van der Waals surface area contributed by atoms with Crippen molar-refractivity contribution in [1.29, 1.82) is 0 Å². The largest absolute Gasteiger partial charge is 0.365 e. The molecule has 0 aliphatic rings. The van der Waals surface area contributed by atoms with E-state index in [4.69, 9.17) is 4.74 Å². The zero-order chi connectivity index (χ0) is 7.23. The van der Waals surface area contributed by atoms with E-state index in [1.165, 1.54) is 5.56 Å². The molecule has 1 aromatic rings. The van der Waals surface area contributed by atoms with Crippen molar-refractivity contribution in [3.05, 3.63) is 35.9 Å². The lowest BCUT2D eigenvalue weighted by atomic mass is 10.2. The molecule has 0 saturated carbocycles. The van der Waals surface area contributed by atoms with Gasteiger partial charge in [0.15, 0.2) is 0 Å². The maximum atomic E-state index is 5.03. The molecule has 1 radical (unpaired) electrons. The summed E-state index contributed by atoms with van der Waals surface area (Å²) in [5, 5.41) is 0. The van der Waals surface area contributed by atoms with E-state index >= 15 is 0 Å². The summed E-state index contributed by atoms with van der Waals surface area (Å²) >= 11 is 4.63. The minimum atomic E-state index is 0.370. The van der Waals surface area contributed by atoms with Crippen LogP contribution in [0.1, 0.15) is 5.56 Å². The van der Waals surface area contributed by atoms with Gasteiger partial charge in [0.05, 0.1) is 6.61 Å². The second kappa shape index (κ2) is 4.36. The van der Waals surface area contributed by atoms with Crippen LogP contribution in [0.3, 0.4) is 0 Å². The Kier molecular flexibility index (Phi) is 3.33. The van der Waals surface area contributed by atoms with Crippen LogP contribution in [0, 0.1) is 0 Å². The van der Waals surface area contributed by atoms with Gasteiger partial charge in [0.2, 0.25) is 0 Å². The highest BCUT2D eigenvalue weighted by atomic mass is 32.1. The lowest BCUT2D eigenvalue weighted by Crippen LogP contribution is -1.88. The molecule has 0 spiro atoms. The third kappa shape index (κ3) is 2.42. The van der Waals surface area contributed by atoms with E-state index in [0.29, 0.717) is 12.5 Å². The van der Waals surface area contributed by atoms with Gasteiger partial charge in [-0.1, -0.05) is 43.0 Å². The highest BCUT2D eigenvalue weighted by molar-refractivity contribution is 7.80. The minimum absolute atomic E-state index is 0.370. The maximum absolute atomic E-state index is 5.03. The van der Waals surface area contributed by atoms with E-state index in [0.717, 1.165) is 0 Å². The number of benzene rings is 1. The van der Waals surface area contributed by atoms with Crippen molar-refractivity contribution in [3.63, 3.8) is 0 Å². The van der Waals surface area contributed by atoms with E-state index in [-0.39, 0.29) is 0 Å². The van der Waals surface area contributed by atoms with Crippen molar-refractivity contribution in [2.75, 3.05) is 5.94 Å². The standard InChI is InChI=1S/C8H9OS/c10-7-9-6-8-4-2-1-3-5-8/h1-5H,6-7H2. The van der Waals surface area contributed by atoms with Gasteiger partial charge in [-0.05, 0) is 5.56 Å². The van der Waals surface area contributed by atoms with Gasteiger partial charge in [0, 0.05) is 0 Å². The first kappa shape index (κ1) is 7.63. The molecule has 53 valence electrons. The second-order valence-electron chi connectivity index (χ2n) is 1.95.